The van der Waals surface area contributed by atoms with Gasteiger partial charge in [0.25, 0.3) is 0 Å². The van der Waals surface area contributed by atoms with Gasteiger partial charge in [-0.15, -0.1) is 11.3 Å². The van der Waals surface area contributed by atoms with Crippen molar-refractivity contribution in [3.8, 4) is 0 Å². The van der Waals surface area contributed by atoms with E-state index in [9.17, 15) is 0 Å². The van der Waals surface area contributed by atoms with E-state index in [0.717, 1.165) is 12.5 Å². The fraction of sp³-hybridized carbons (Fsp3) is 0.750. The maximum Gasteiger partial charge on any atom is 0.0120 e. The zero-order valence-electron chi connectivity index (χ0n) is 12.7. The first-order valence-electron chi connectivity index (χ1n) is 7.65. The minimum Gasteiger partial charge on any atom is -0.314 e. The fourth-order valence-corrected chi connectivity index (χ4v) is 4.23. The molecular formula is C16H28N2S. The lowest BCUT2D eigenvalue weighted by atomic mass is 9.85. The normalized spacial score (nSPS) is 30.4. The Morgan fingerprint density at radius 1 is 1.47 bits per heavy atom. The van der Waals surface area contributed by atoms with Crippen LogP contribution in [0.2, 0.25) is 0 Å². The predicted molar refractivity (Wildman–Crippen MR) is 84.9 cm³/mol. The Bertz CT molecular complexity index is 363. The number of hydrogen-bond acceptors (Lipinski definition) is 3. The number of thiophene rings is 1. The molecule has 4 atom stereocenters. The summed E-state index contributed by atoms with van der Waals surface area (Å²) in [6.07, 6.45) is 2.48. The average molecular weight is 280 g/mol. The molecule has 0 radical (unpaired) electrons. The highest BCUT2D eigenvalue weighted by Gasteiger charge is 2.33. The highest BCUT2D eigenvalue weighted by molar-refractivity contribution is 7.09. The molecule has 2 nitrogen and oxygen atoms in total. The summed E-state index contributed by atoms with van der Waals surface area (Å²) < 4.78 is 0. The molecular weight excluding hydrogens is 252 g/mol. The largest absolute Gasteiger partial charge is 0.314 e. The molecule has 108 valence electrons. The van der Waals surface area contributed by atoms with E-state index < -0.39 is 0 Å². The molecule has 2 rings (SSSR count). The van der Waals surface area contributed by atoms with Gasteiger partial charge in [-0.25, -0.2) is 0 Å². The molecule has 2 heterocycles. The summed E-state index contributed by atoms with van der Waals surface area (Å²) in [6, 6.07) is 6.45. The lowest BCUT2D eigenvalue weighted by molar-refractivity contribution is 0.0537. The quantitative estimate of drug-likeness (QED) is 0.889. The molecule has 0 aliphatic carbocycles. The van der Waals surface area contributed by atoms with Crippen molar-refractivity contribution in [3.05, 3.63) is 22.4 Å². The molecule has 19 heavy (non-hydrogen) atoms. The van der Waals surface area contributed by atoms with Crippen LogP contribution >= 0.6 is 11.3 Å². The van der Waals surface area contributed by atoms with E-state index in [1.807, 2.05) is 11.3 Å². The van der Waals surface area contributed by atoms with Crippen molar-refractivity contribution in [1.29, 1.82) is 0 Å². The topological polar surface area (TPSA) is 15.3 Å². The summed E-state index contributed by atoms with van der Waals surface area (Å²) in [6.45, 7) is 11.7. The first kappa shape index (κ1) is 15.0. The zero-order valence-corrected chi connectivity index (χ0v) is 13.5. The van der Waals surface area contributed by atoms with Crippen LogP contribution in [0.4, 0.5) is 0 Å². The van der Waals surface area contributed by atoms with Crippen molar-refractivity contribution in [3.63, 3.8) is 0 Å². The minimum absolute atomic E-state index is 0.652. The Kier molecular flexibility index (Phi) is 5.43. The second-order valence-corrected chi connectivity index (χ2v) is 6.96. The number of piperidine rings is 1. The number of nitrogens with one attached hydrogen (secondary N) is 1. The molecule has 0 aromatic carbocycles. The fourth-order valence-electron chi connectivity index (χ4n) is 3.40. The van der Waals surface area contributed by atoms with E-state index in [4.69, 9.17) is 0 Å². The lowest BCUT2D eigenvalue weighted by Gasteiger charge is -2.45. The van der Waals surface area contributed by atoms with Gasteiger partial charge in [0.2, 0.25) is 0 Å². The van der Waals surface area contributed by atoms with Crippen LogP contribution < -0.4 is 5.32 Å². The maximum absolute atomic E-state index is 3.65. The smallest absolute Gasteiger partial charge is 0.0120 e. The van der Waals surface area contributed by atoms with Crippen molar-refractivity contribution in [2.45, 2.75) is 58.7 Å². The maximum atomic E-state index is 3.65. The molecule has 1 aliphatic heterocycles. The van der Waals surface area contributed by atoms with Gasteiger partial charge in [0.05, 0.1) is 0 Å². The van der Waals surface area contributed by atoms with Gasteiger partial charge >= 0.3 is 0 Å². The molecule has 1 aromatic heterocycles. The first-order chi connectivity index (χ1) is 9.13. The Labute approximate surface area is 122 Å². The molecule has 1 N–H and O–H groups in total. The molecule has 1 saturated heterocycles. The zero-order chi connectivity index (χ0) is 13.8. The van der Waals surface area contributed by atoms with Crippen molar-refractivity contribution in [2.75, 3.05) is 13.1 Å². The van der Waals surface area contributed by atoms with Crippen molar-refractivity contribution >= 4 is 11.3 Å². The van der Waals surface area contributed by atoms with Crippen LogP contribution in [0.1, 0.15) is 39.0 Å². The summed E-state index contributed by atoms with van der Waals surface area (Å²) in [5, 5.41) is 5.83. The number of likely N-dealkylation sites (tertiary alicyclic amines) is 1. The van der Waals surface area contributed by atoms with Gasteiger partial charge in [0.15, 0.2) is 0 Å². The van der Waals surface area contributed by atoms with Gasteiger partial charge in [0, 0.05) is 29.5 Å². The van der Waals surface area contributed by atoms with Gasteiger partial charge in [-0.1, -0.05) is 19.9 Å². The average Bonchev–Trinajstić information content (AvgIpc) is 2.88. The molecule has 0 amide bonds. The van der Waals surface area contributed by atoms with Crippen LogP contribution in [0.3, 0.4) is 0 Å². The van der Waals surface area contributed by atoms with E-state index in [0.29, 0.717) is 18.1 Å². The Balaban J connectivity index is 1.94. The van der Waals surface area contributed by atoms with Crippen LogP contribution in [0, 0.1) is 5.92 Å². The van der Waals surface area contributed by atoms with Crippen LogP contribution in [0.25, 0.3) is 0 Å². The van der Waals surface area contributed by atoms with Crippen LogP contribution in [-0.4, -0.2) is 36.1 Å². The molecule has 1 aromatic rings. The summed E-state index contributed by atoms with van der Waals surface area (Å²) in [5.74, 6) is 0.736. The summed E-state index contributed by atoms with van der Waals surface area (Å²) >= 11 is 1.89. The van der Waals surface area contributed by atoms with Crippen LogP contribution in [0.15, 0.2) is 17.5 Å². The van der Waals surface area contributed by atoms with Crippen LogP contribution in [0.5, 0.6) is 0 Å². The SMILES string of the molecule is CCNC1CCN(C(C)Cc2cccs2)C(C)C1C. The van der Waals surface area contributed by atoms with E-state index in [1.165, 1.54) is 24.3 Å². The van der Waals surface area contributed by atoms with Gasteiger partial charge < -0.3 is 5.32 Å². The molecule has 1 fully saturated rings. The van der Waals surface area contributed by atoms with Crippen molar-refractivity contribution in [1.82, 2.24) is 10.2 Å². The van der Waals surface area contributed by atoms with Gasteiger partial charge in [0.1, 0.15) is 0 Å². The third-order valence-corrected chi connectivity index (χ3v) is 5.62. The van der Waals surface area contributed by atoms with Crippen LogP contribution in [-0.2, 0) is 6.42 Å². The molecule has 4 unspecified atom stereocenters. The minimum atomic E-state index is 0.652. The number of nitrogens with zero attached hydrogens (tertiary/aromatic N) is 1. The molecule has 0 bridgehead atoms. The molecule has 0 spiro atoms. The van der Waals surface area contributed by atoms with Gasteiger partial charge in [-0.05, 0) is 50.6 Å². The highest BCUT2D eigenvalue weighted by Crippen LogP contribution is 2.27. The third kappa shape index (κ3) is 3.59. The number of hydrogen-bond donors (Lipinski definition) is 1. The van der Waals surface area contributed by atoms with Crippen molar-refractivity contribution in [2.24, 2.45) is 5.92 Å². The Hall–Kier alpha value is -0.380. The van der Waals surface area contributed by atoms with Crippen molar-refractivity contribution < 1.29 is 0 Å². The third-order valence-electron chi connectivity index (χ3n) is 4.73. The summed E-state index contributed by atoms with van der Waals surface area (Å²) in [4.78, 5) is 4.22. The summed E-state index contributed by atoms with van der Waals surface area (Å²) in [5.41, 5.74) is 0. The number of rotatable bonds is 5. The van der Waals surface area contributed by atoms with Gasteiger partial charge in [-0.3, -0.25) is 4.90 Å². The standard InChI is InChI=1S/C16H28N2S/c1-5-17-16-8-9-18(14(4)13(16)3)12(2)11-15-7-6-10-19-15/h6-7,10,12-14,16-17H,5,8-9,11H2,1-4H3. The van der Waals surface area contributed by atoms with Gasteiger partial charge in [-0.2, -0.15) is 0 Å². The lowest BCUT2D eigenvalue weighted by Crippen LogP contribution is -2.56. The Morgan fingerprint density at radius 2 is 2.26 bits per heavy atom. The summed E-state index contributed by atoms with van der Waals surface area (Å²) in [7, 11) is 0. The highest BCUT2D eigenvalue weighted by atomic mass is 32.1. The monoisotopic (exact) mass is 280 g/mol. The van der Waals surface area contributed by atoms with E-state index in [1.54, 1.807) is 0 Å². The Morgan fingerprint density at radius 3 is 2.89 bits per heavy atom. The second kappa shape index (κ2) is 6.87. The van der Waals surface area contributed by atoms with E-state index in [-0.39, 0.29) is 0 Å². The second-order valence-electron chi connectivity index (χ2n) is 5.92. The predicted octanol–water partition coefficient (Wildman–Crippen LogP) is 3.39. The van der Waals surface area contributed by atoms with E-state index in [2.05, 4.69) is 55.4 Å². The molecule has 0 saturated carbocycles. The first-order valence-corrected chi connectivity index (χ1v) is 8.53. The van der Waals surface area contributed by atoms with E-state index >= 15 is 0 Å². The molecule has 3 heteroatoms. The molecule has 1 aliphatic rings.